The van der Waals surface area contributed by atoms with Crippen LogP contribution in [0.4, 0.5) is 5.00 Å². The van der Waals surface area contributed by atoms with Crippen LogP contribution >= 0.6 is 23.1 Å². The second-order valence-electron chi connectivity index (χ2n) is 8.12. The zero-order valence-corrected chi connectivity index (χ0v) is 20.6. The normalized spacial score (nSPS) is 15.1. The van der Waals surface area contributed by atoms with Crippen LogP contribution in [0.25, 0.3) is 11.3 Å². The van der Waals surface area contributed by atoms with Gasteiger partial charge in [-0.2, -0.15) is 0 Å². The van der Waals surface area contributed by atoms with Gasteiger partial charge in [0.2, 0.25) is 5.91 Å². The molecule has 1 atom stereocenters. The second kappa shape index (κ2) is 10.5. The lowest BCUT2D eigenvalue weighted by Gasteiger charge is -2.18. The van der Waals surface area contributed by atoms with E-state index >= 15 is 0 Å². The number of rotatable bonds is 7. The van der Waals surface area contributed by atoms with Crippen molar-refractivity contribution in [3.63, 3.8) is 0 Å². The highest BCUT2D eigenvalue weighted by Gasteiger charge is 2.29. The maximum absolute atomic E-state index is 12.8. The van der Waals surface area contributed by atoms with Gasteiger partial charge in [-0.1, -0.05) is 49.0 Å². The van der Waals surface area contributed by atoms with E-state index in [1.165, 1.54) is 28.0 Å². The van der Waals surface area contributed by atoms with Gasteiger partial charge in [0.15, 0.2) is 0 Å². The summed E-state index contributed by atoms with van der Waals surface area (Å²) in [4.78, 5) is 35.6. The lowest BCUT2D eigenvalue weighted by atomic mass is 9.88. The number of thioether (sulfide) groups is 1. The largest absolute Gasteiger partial charge is 0.462 e. The number of anilines is 1. The Morgan fingerprint density at radius 3 is 2.79 bits per heavy atom. The van der Waals surface area contributed by atoms with Crippen molar-refractivity contribution in [1.82, 2.24) is 9.97 Å². The number of esters is 1. The van der Waals surface area contributed by atoms with Crippen molar-refractivity contribution in [3.05, 3.63) is 58.2 Å². The summed E-state index contributed by atoms with van der Waals surface area (Å²) >= 11 is 2.86. The third-order valence-corrected chi connectivity index (χ3v) is 7.56. The molecule has 6 nitrogen and oxygen atoms in total. The second-order valence-corrected chi connectivity index (χ2v) is 10.2. The summed E-state index contributed by atoms with van der Waals surface area (Å²) in [6, 6.07) is 11.8. The monoisotopic (exact) mass is 481 g/mol. The summed E-state index contributed by atoms with van der Waals surface area (Å²) < 4.78 is 5.29. The maximum atomic E-state index is 12.8. The fraction of sp³-hybridized carbons (Fsp3) is 0.360. The summed E-state index contributed by atoms with van der Waals surface area (Å²) in [6.45, 7) is 6.16. The third-order valence-electron chi connectivity index (χ3n) is 5.48. The minimum absolute atomic E-state index is 0.172. The van der Waals surface area contributed by atoms with E-state index in [1.807, 2.05) is 43.3 Å². The van der Waals surface area contributed by atoms with Crippen molar-refractivity contribution < 1.29 is 14.3 Å². The molecule has 3 aromatic rings. The molecule has 1 aromatic carbocycles. The highest BCUT2D eigenvalue weighted by atomic mass is 32.2. The van der Waals surface area contributed by atoms with Gasteiger partial charge in [-0.15, -0.1) is 11.3 Å². The predicted molar refractivity (Wildman–Crippen MR) is 133 cm³/mol. The van der Waals surface area contributed by atoms with Gasteiger partial charge in [-0.25, -0.2) is 14.8 Å². The molecule has 0 saturated heterocycles. The molecule has 8 heteroatoms. The number of amides is 1. The summed E-state index contributed by atoms with van der Waals surface area (Å²) in [5.41, 5.74) is 3.41. The Kier molecular flexibility index (Phi) is 7.45. The van der Waals surface area contributed by atoms with Gasteiger partial charge < -0.3 is 10.1 Å². The van der Waals surface area contributed by atoms with E-state index in [4.69, 9.17) is 4.74 Å². The molecule has 1 N–H and O–H groups in total. The molecule has 1 amide bonds. The molecule has 0 radical (unpaired) electrons. The van der Waals surface area contributed by atoms with Gasteiger partial charge in [-0.3, -0.25) is 4.79 Å². The van der Waals surface area contributed by atoms with Crippen LogP contribution in [0.2, 0.25) is 0 Å². The van der Waals surface area contributed by atoms with Crippen LogP contribution in [0.3, 0.4) is 0 Å². The molecule has 0 saturated carbocycles. The topological polar surface area (TPSA) is 81.2 Å². The zero-order valence-electron chi connectivity index (χ0n) is 19.0. The molecule has 0 spiro atoms. The number of ether oxygens (including phenoxy) is 1. The van der Waals surface area contributed by atoms with E-state index in [9.17, 15) is 9.59 Å². The first-order chi connectivity index (χ1) is 15.9. The Morgan fingerprint density at radius 1 is 1.24 bits per heavy atom. The van der Waals surface area contributed by atoms with Crippen LogP contribution in [-0.2, 0) is 22.4 Å². The quantitative estimate of drug-likeness (QED) is 0.271. The van der Waals surface area contributed by atoms with E-state index in [0.717, 1.165) is 41.1 Å². The van der Waals surface area contributed by atoms with Crippen LogP contribution in [0.15, 0.2) is 41.4 Å². The number of nitrogens with zero attached hydrogens (tertiary/aromatic N) is 2. The fourth-order valence-electron chi connectivity index (χ4n) is 3.93. The SMILES string of the molecule is CCOC(=O)c1c(NC(=O)CSc2cc(-c3ccccc3)nc(C)n2)sc2c1CC[C@@H](C)C2. The van der Waals surface area contributed by atoms with Gasteiger partial charge in [0.1, 0.15) is 15.9 Å². The van der Waals surface area contributed by atoms with Crippen molar-refractivity contribution >= 4 is 40.0 Å². The Labute approximate surface area is 202 Å². The van der Waals surface area contributed by atoms with Crippen LogP contribution in [0.1, 0.15) is 46.9 Å². The van der Waals surface area contributed by atoms with Crippen LogP contribution in [-0.4, -0.2) is 34.2 Å². The van der Waals surface area contributed by atoms with Crippen LogP contribution in [0.5, 0.6) is 0 Å². The molecule has 0 aliphatic heterocycles. The molecule has 0 bridgehead atoms. The lowest BCUT2D eigenvalue weighted by Crippen LogP contribution is -2.17. The summed E-state index contributed by atoms with van der Waals surface area (Å²) in [5, 5.41) is 4.30. The number of nitrogens with one attached hydrogen (secondary N) is 1. The van der Waals surface area contributed by atoms with Crippen molar-refractivity contribution in [2.24, 2.45) is 5.92 Å². The number of carbonyl (C=O) groups excluding carboxylic acids is 2. The van der Waals surface area contributed by atoms with Crippen molar-refractivity contribution in [3.8, 4) is 11.3 Å². The van der Waals surface area contributed by atoms with E-state index in [-0.39, 0.29) is 17.6 Å². The number of hydrogen-bond acceptors (Lipinski definition) is 7. The van der Waals surface area contributed by atoms with E-state index < -0.39 is 0 Å². The minimum atomic E-state index is -0.355. The molecule has 1 aliphatic carbocycles. The number of fused-ring (bicyclic) bond motifs is 1. The van der Waals surface area contributed by atoms with Gasteiger partial charge >= 0.3 is 5.97 Å². The Hall–Kier alpha value is -2.71. The van der Waals surface area contributed by atoms with Crippen molar-refractivity contribution in [2.75, 3.05) is 17.7 Å². The molecule has 2 heterocycles. The molecule has 0 fully saturated rings. The summed E-state index contributed by atoms with van der Waals surface area (Å²) in [7, 11) is 0. The van der Waals surface area contributed by atoms with Crippen LogP contribution < -0.4 is 5.32 Å². The number of carbonyl (C=O) groups is 2. The first-order valence-electron chi connectivity index (χ1n) is 11.1. The molecule has 2 aromatic heterocycles. The molecule has 4 rings (SSSR count). The van der Waals surface area contributed by atoms with E-state index in [0.29, 0.717) is 28.9 Å². The maximum Gasteiger partial charge on any atom is 0.341 e. The van der Waals surface area contributed by atoms with Gasteiger partial charge in [-0.05, 0) is 50.7 Å². The van der Waals surface area contributed by atoms with Gasteiger partial charge in [0, 0.05) is 10.4 Å². The minimum Gasteiger partial charge on any atom is -0.462 e. The molecule has 33 heavy (non-hydrogen) atoms. The number of hydrogen-bond donors (Lipinski definition) is 1. The molecular weight excluding hydrogens is 454 g/mol. The zero-order chi connectivity index (χ0) is 23.4. The van der Waals surface area contributed by atoms with Crippen LogP contribution in [0, 0.1) is 12.8 Å². The fourth-order valence-corrected chi connectivity index (χ4v) is 6.09. The molecule has 172 valence electrons. The third kappa shape index (κ3) is 5.62. The first kappa shape index (κ1) is 23.4. The highest BCUT2D eigenvalue weighted by molar-refractivity contribution is 7.99. The summed E-state index contributed by atoms with van der Waals surface area (Å²) in [5.74, 6) is 0.890. The lowest BCUT2D eigenvalue weighted by molar-refractivity contribution is -0.113. The average Bonchev–Trinajstić information content (AvgIpc) is 3.15. The highest BCUT2D eigenvalue weighted by Crippen LogP contribution is 2.40. The van der Waals surface area contributed by atoms with E-state index in [1.54, 1.807) is 6.92 Å². The molecule has 1 aliphatic rings. The van der Waals surface area contributed by atoms with Gasteiger partial charge in [0.25, 0.3) is 0 Å². The summed E-state index contributed by atoms with van der Waals surface area (Å²) in [6.07, 6.45) is 2.81. The first-order valence-corrected chi connectivity index (χ1v) is 12.9. The van der Waals surface area contributed by atoms with Crippen molar-refractivity contribution in [1.29, 1.82) is 0 Å². The Morgan fingerprint density at radius 2 is 2.03 bits per heavy atom. The predicted octanol–water partition coefficient (Wildman–Crippen LogP) is 5.55. The number of thiophene rings is 1. The average molecular weight is 482 g/mol. The molecular formula is C25H27N3O3S2. The Balaban J connectivity index is 1.49. The standard InChI is InChI=1S/C25H27N3O3S2/c1-4-31-25(30)23-18-11-10-15(2)12-20(18)33-24(23)28-21(29)14-32-22-13-19(26-16(3)27-22)17-8-6-5-7-9-17/h5-9,13,15H,4,10-12,14H2,1-3H3,(H,28,29)/t15-/m1/s1. The van der Waals surface area contributed by atoms with Crippen molar-refractivity contribution in [2.45, 2.75) is 45.1 Å². The van der Waals surface area contributed by atoms with Gasteiger partial charge in [0.05, 0.1) is 23.6 Å². The molecule has 0 unspecified atom stereocenters. The number of benzene rings is 1. The number of aryl methyl sites for hydroxylation is 1. The van der Waals surface area contributed by atoms with E-state index in [2.05, 4.69) is 22.2 Å². The Bertz CT molecular complexity index is 1160. The number of aromatic nitrogens is 2. The smallest absolute Gasteiger partial charge is 0.341 e.